The first kappa shape index (κ1) is 30.4. The Morgan fingerprint density at radius 3 is 1.89 bits per heavy atom. The van der Waals surface area contributed by atoms with Crippen LogP contribution in [-0.2, 0) is 9.53 Å². The fourth-order valence-electron chi connectivity index (χ4n) is 4.81. The quantitative estimate of drug-likeness (QED) is 0.209. The van der Waals surface area contributed by atoms with Crippen LogP contribution in [0.25, 0.3) is 0 Å². The van der Waals surface area contributed by atoms with E-state index in [2.05, 4.69) is 6.92 Å². The van der Waals surface area contributed by atoms with E-state index in [-0.39, 0.29) is 6.42 Å². The predicted octanol–water partition coefficient (Wildman–Crippen LogP) is 3.35. The molecule has 206 valence electrons. The maximum Gasteiger partial charge on any atom is 0.330 e. The molecule has 0 aromatic carbocycles. The Hall–Kier alpha value is -1.81. The highest BCUT2D eigenvalue weighted by molar-refractivity contribution is 5.83. The van der Waals surface area contributed by atoms with Gasteiger partial charge in [0.05, 0.1) is 0 Å². The molecule has 1 fully saturated rings. The number of aliphatic hydroxyl groups is 3. The number of ether oxygens (including phenoxy) is 1. The van der Waals surface area contributed by atoms with Crippen molar-refractivity contribution < 1.29 is 24.9 Å². The number of H-pyrrole nitrogens is 1. The molecule has 1 aromatic heterocycles. The minimum atomic E-state index is -1.61. The van der Waals surface area contributed by atoms with Crippen molar-refractivity contribution in [2.24, 2.45) is 0 Å². The van der Waals surface area contributed by atoms with Crippen molar-refractivity contribution >= 4 is 5.78 Å². The second-order valence-electron chi connectivity index (χ2n) is 10.1. The third-order valence-corrected chi connectivity index (χ3v) is 7.07. The summed E-state index contributed by atoms with van der Waals surface area (Å²) in [7, 11) is 0. The second kappa shape index (κ2) is 16.8. The van der Waals surface area contributed by atoms with Gasteiger partial charge in [-0.25, -0.2) is 4.79 Å². The Morgan fingerprint density at radius 2 is 1.39 bits per heavy atom. The van der Waals surface area contributed by atoms with Gasteiger partial charge in [0.1, 0.15) is 24.4 Å². The first-order valence-corrected chi connectivity index (χ1v) is 13.9. The van der Waals surface area contributed by atoms with Crippen LogP contribution in [-0.4, -0.2) is 55.1 Å². The minimum absolute atomic E-state index is 0.158. The van der Waals surface area contributed by atoms with Crippen LogP contribution < -0.4 is 11.2 Å². The highest BCUT2D eigenvalue weighted by atomic mass is 16.6. The SMILES string of the molecule is CCCCCCCCCCCCCCCCCC(=O)C(O)[C@H]1O[C@@H](n2ccc(=O)[nH]c2=O)[C@H](O)[C@@H]1O. The standard InChI is InChI=1S/C27H46N2O7/c1-2-3-4-5-6-7-8-9-10-11-12-13-14-15-16-17-20(30)22(32)25-23(33)24(34)26(36-25)29-19-18-21(31)28-27(29)35/h18-19,22-26,32-34H,2-17H2,1H3,(H,28,31,35)/t22?,23-,24+,25+,26+/m0/s1. The molecule has 1 unspecified atom stereocenters. The van der Waals surface area contributed by atoms with E-state index in [9.17, 15) is 29.7 Å². The number of aromatic amines is 1. The lowest BCUT2D eigenvalue weighted by molar-refractivity contribution is -0.141. The Morgan fingerprint density at radius 1 is 0.889 bits per heavy atom. The monoisotopic (exact) mass is 510 g/mol. The molecule has 36 heavy (non-hydrogen) atoms. The molecule has 1 saturated heterocycles. The first-order valence-electron chi connectivity index (χ1n) is 13.9. The summed E-state index contributed by atoms with van der Waals surface area (Å²) in [5, 5.41) is 31.0. The zero-order valence-corrected chi connectivity index (χ0v) is 21.8. The summed E-state index contributed by atoms with van der Waals surface area (Å²) in [4.78, 5) is 37.7. The third kappa shape index (κ3) is 9.92. The van der Waals surface area contributed by atoms with E-state index >= 15 is 0 Å². The summed E-state index contributed by atoms with van der Waals surface area (Å²) < 4.78 is 6.39. The zero-order valence-electron chi connectivity index (χ0n) is 21.8. The molecular formula is C27H46N2O7. The molecule has 9 nitrogen and oxygen atoms in total. The lowest BCUT2D eigenvalue weighted by Gasteiger charge is -2.20. The van der Waals surface area contributed by atoms with Gasteiger partial charge in [0.15, 0.2) is 12.0 Å². The lowest BCUT2D eigenvalue weighted by atomic mass is 9.98. The molecule has 1 aliphatic heterocycles. The molecule has 0 saturated carbocycles. The number of aliphatic hydroxyl groups excluding tert-OH is 3. The predicted molar refractivity (Wildman–Crippen MR) is 138 cm³/mol. The minimum Gasteiger partial charge on any atom is -0.387 e. The number of Topliss-reactive ketones (excluding diaryl/α,β-unsaturated/α-hetero) is 1. The molecule has 5 atom stereocenters. The van der Waals surface area contributed by atoms with Crippen LogP contribution in [0.4, 0.5) is 0 Å². The number of aromatic nitrogens is 2. The number of ketones is 1. The number of unbranched alkanes of at least 4 members (excludes halogenated alkanes) is 14. The van der Waals surface area contributed by atoms with Gasteiger partial charge < -0.3 is 20.1 Å². The Balaban J connectivity index is 1.56. The Kier molecular flexibility index (Phi) is 14.2. The fourth-order valence-corrected chi connectivity index (χ4v) is 4.81. The van der Waals surface area contributed by atoms with Gasteiger partial charge in [0.2, 0.25) is 0 Å². The summed E-state index contributed by atoms with van der Waals surface area (Å²) in [5.41, 5.74) is -1.43. The van der Waals surface area contributed by atoms with E-state index in [1.165, 1.54) is 70.6 Å². The van der Waals surface area contributed by atoms with Crippen molar-refractivity contribution in [3.8, 4) is 0 Å². The molecule has 0 aliphatic carbocycles. The fraction of sp³-hybridized carbons (Fsp3) is 0.815. The summed E-state index contributed by atoms with van der Waals surface area (Å²) in [6.07, 6.45) is 12.2. The van der Waals surface area contributed by atoms with Crippen LogP contribution >= 0.6 is 0 Å². The molecule has 0 bridgehead atoms. The molecular weight excluding hydrogens is 464 g/mol. The van der Waals surface area contributed by atoms with Crippen molar-refractivity contribution in [3.05, 3.63) is 33.1 Å². The van der Waals surface area contributed by atoms with E-state index < -0.39 is 47.7 Å². The van der Waals surface area contributed by atoms with Crippen molar-refractivity contribution in [1.82, 2.24) is 9.55 Å². The van der Waals surface area contributed by atoms with Crippen LogP contribution in [0.15, 0.2) is 21.9 Å². The normalized spacial score (nSPS) is 22.7. The maximum absolute atomic E-state index is 12.4. The van der Waals surface area contributed by atoms with Gasteiger partial charge in [-0.05, 0) is 6.42 Å². The van der Waals surface area contributed by atoms with E-state index in [0.29, 0.717) is 6.42 Å². The second-order valence-corrected chi connectivity index (χ2v) is 10.1. The number of nitrogens with one attached hydrogen (secondary N) is 1. The Bertz CT molecular complexity index is 868. The lowest BCUT2D eigenvalue weighted by Crippen LogP contribution is -2.42. The topological polar surface area (TPSA) is 142 Å². The number of hydrogen-bond acceptors (Lipinski definition) is 7. The van der Waals surface area contributed by atoms with Gasteiger partial charge in [0, 0.05) is 18.7 Å². The summed E-state index contributed by atoms with van der Waals surface area (Å²) in [6, 6.07) is 1.08. The molecule has 2 heterocycles. The average molecular weight is 511 g/mol. The van der Waals surface area contributed by atoms with Crippen LogP contribution in [0, 0.1) is 0 Å². The smallest absolute Gasteiger partial charge is 0.330 e. The van der Waals surface area contributed by atoms with Crippen molar-refractivity contribution in [2.45, 2.75) is 140 Å². The Labute approximate surface area is 213 Å². The molecule has 2 rings (SSSR count). The van der Waals surface area contributed by atoms with E-state index in [4.69, 9.17) is 4.74 Å². The highest BCUT2D eigenvalue weighted by Crippen LogP contribution is 2.30. The van der Waals surface area contributed by atoms with Gasteiger partial charge in [-0.15, -0.1) is 0 Å². The number of carbonyl (C=O) groups excluding carboxylic acids is 1. The van der Waals surface area contributed by atoms with Crippen LogP contribution in [0.2, 0.25) is 0 Å². The van der Waals surface area contributed by atoms with Crippen LogP contribution in [0.3, 0.4) is 0 Å². The van der Waals surface area contributed by atoms with Crippen LogP contribution in [0.1, 0.15) is 116 Å². The van der Waals surface area contributed by atoms with E-state index in [1.807, 2.05) is 4.98 Å². The number of hydrogen-bond donors (Lipinski definition) is 4. The zero-order chi connectivity index (χ0) is 26.3. The van der Waals surface area contributed by atoms with Gasteiger partial charge in [-0.2, -0.15) is 0 Å². The molecule has 0 radical (unpaired) electrons. The molecule has 1 aliphatic rings. The van der Waals surface area contributed by atoms with E-state index in [0.717, 1.165) is 36.1 Å². The maximum atomic E-state index is 12.4. The molecule has 0 spiro atoms. The van der Waals surface area contributed by atoms with Crippen LogP contribution in [0.5, 0.6) is 0 Å². The van der Waals surface area contributed by atoms with E-state index in [1.54, 1.807) is 0 Å². The molecule has 1 aromatic rings. The summed E-state index contributed by atoms with van der Waals surface area (Å²) >= 11 is 0. The summed E-state index contributed by atoms with van der Waals surface area (Å²) in [6.45, 7) is 2.25. The third-order valence-electron chi connectivity index (χ3n) is 7.07. The molecule has 0 amide bonds. The average Bonchev–Trinajstić information content (AvgIpc) is 3.15. The van der Waals surface area contributed by atoms with Crippen molar-refractivity contribution in [1.29, 1.82) is 0 Å². The van der Waals surface area contributed by atoms with Crippen molar-refractivity contribution in [3.63, 3.8) is 0 Å². The van der Waals surface area contributed by atoms with Gasteiger partial charge in [-0.3, -0.25) is 19.1 Å². The summed E-state index contributed by atoms with van der Waals surface area (Å²) in [5.74, 6) is -0.463. The largest absolute Gasteiger partial charge is 0.387 e. The van der Waals surface area contributed by atoms with Crippen molar-refractivity contribution in [2.75, 3.05) is 0 Å². The highest BCUT2D eigenvalue weighted by Gasteiger charge is 2.48. The number of nitrogens with zero attached hydrogens (tertiary/aromatic N) is 1. The molecule has 9 heteroatoms. The van der Waals surface area contributed by atoms with Gasteiger partial charge >= 0.3 is 5.69 Å². The number of rotatable bonds is 19. The first-order chi connectivity index (χ1) is 17.4. The van der Waals surface area contributed by atoms with Gasteiger partial charge in [-0.1, -0.05) is 96.8 Å². The molecule has 4 N–H and O–H groups in total. The van der Waals surface area contributed by atoms with Gasteiger partial charge in [0.25, 0.3) is 5.56 Å². The number of carbonyl (C=O) groups is 1.